The van der Waals surface area contributed by atoms with Crippen LogP contribution >= 0.6 is 0 Å². The highest BCUT2D eigenvalue weighted by atomic mass is 16.5. The average Bonchev–Trinajstić information content (AvgIpc) is 2.71. The minimum atomic E-state index is -0.440. The number of esters is 1. The van der Waals surface area contributed by atoms with Gasteiger partial charge >= 0.3 is 18.0 Å². The number of hydrogen-bond donors (Lipinski definition) is 3. The molecule has 8 nitrogen and oxygen atoms in total. The fourth-order valence-corrected chi connectivity index (χ4v) is 1.88. The lowest BCUT2D eigenvalue weighted by molar-refractivity contribution is -0.143. The predicted molar refractivity (Wildman–Crippen MR) is 55.7 cm³/mol. The molecule has 0 aromatic rings. The first-order chi connectivity index (χ1) is 8.11. The zero-order valence-corrected chi connectivity index (χ0v) is 9.36. The Morgan fingerprint density at radius 3 is 2.82 bits per heavy atom. The molecule has 0 bridgehead atoms. The van der Waals surface area contributed by atoms with Gasteiger partial charge < -0.3 is 20.7 Å². The second-order valence-electron chi connectivity index (χ2n) is 3.74. The second kappa shape index (κ2) is 4.48. The predicted octanol–water partition coefficient (Wildman–Crippen LogP) is -1.07. The van der Waals surface area contributed by atoms with Gasteiger partial charge in [-0.15, -0.1) is 0 Å². The third-order valence-corrected chi connectivity index (χ3v) is 2.62. The van der Waals surface area contributed by atoms with Crippen molar-refractivity contribution in [3.8, 4) is 0 Å². The lowest BCUT2D eigenvalue weighted by Gasteiger charge is -2.20. The normalized spacial score (nSPS) is 26.1. The zero-order valence-electron chi connectivity index (χ0n) is 9.36. The molecule has 2 rings (SSSR count). The van der Waals surface area contributed by atoms with Gasteiger partial charge in [0.25, 0.3) is 0 Å². The number of hydrogen-bond acceptors (Lipinski definition) is 4. The average molecular weight is 242 g/mol. The molecular formula is C9H14N4O4. The van der Waals surface area contributed by atoms with Gasteiger partial charge in [-0.2, -0.15) is 0 Å². The van der Waals surface area contributed by atoms with Crippen molar-refractivity contribution in [3.05, 3.63) is 0 Å². The monoisotopic (exact) mass is 242 g/mol. The van der Waals surface area contributed by atoms with Crippen LogP contribution < -0.4 is 16.0 Å². The Bertz CT molecular complexity index is 359. The maximum atomic E-state index is 11.5. The van der Waals surface area contributed by atoms with E-state index in [1.165, 1.54) is 4.90 Å². The maximum Gasteiger partial charge on any atom is 0.320 e. The summed E-state index contributed by atoms with van der Waals surface area (Å²) in [6, 6.07) is -0.641. The van der Waals surface area contributed by atoms with Gasteiger partial charge in [-0.25, -0.2) is 9.59 Å². The lowest BCUT2D eigenvalue weighted by atomic mass is 10.3. The largest absolute Gasteiger partial charge is 0.466 e. The first-order valence-corrected chi connectivity index (χ1v) is 5.41. The summed E-state index contributed by atoms with van der Waals surface area (Å²) in [5, 5.41) is 7.73. The lowest BCUT2D eigenvalue weighted by Crippen LogP contribution is -2.44. The summed E-state index contributed by atoms with van der Waals surface area (Å²) >= 11 is 0. The molecule has 0 saturated carbocycles. The summed E-state index contributed by atoms with van der Waals surface area (Å²) in [6.45, 7) is 2.25. The van der Waals surface area contributed by atoms with E-state index in [0.29, 0.717) is 6.61 Å². The number of fused-ring (bicyclic) bond motifs is 1. The first-order valence-electron chi connectivity index (χ1n) is 5.41. The third-order valence-electron chi connectivity index (χ3n) is 2.62. The molecule has 2 aliphatic rings. The van der Waals surface area contributed by atoms with Gasteiger partial charge in [0.05, 0.1) is 13.0 Å². The zero-order chi connectivity index (χ0) is 12.4. The minimum absolute atomic E-state index is 0.111. The van der Waals surface area contributed by atoms with Crippen molar-refractivity contribution in [3.63, 3.8) is 0 Å². The molecule has 4 amide bonds. The van der Waals surface area contributed by atoms with E-state index in [1.54, 1.807) is 6.92 Å². The number of carbonyl (C=O) groups excluding carboxylic acids is 3. The molecule has 2 aliphatic heterocycles. The van der Waals surface area contributed by atoms with Crippen molar-refractivity contribution < 1.29 is 19.1 Å². The molecule has 94 valence electrons. The van der Waals surface area contributed by atoms with Crippen molar-refractivity contribution in [1.29, 1.82) is 0 Å². The summed E-state index contributed by atoms with van der Waals surface area (Å²) < 4.78 is 4.77. The number of nitrogens with one attached hydrogen (secondary N) is 3. The Hall–Kier alpha value is -1.99. The standard InChI is InChI=1S/C9H14N4O4/c1-2-17-5(14)3-4-13-7-6(11-9(13)16)10-8(15)12-7/h6-7H,2-4H2,1H3,(H,11,16)(H2,10,12,15)/t6-,7+/m1/s1. The Morgan fingerprint density at radius 2 is 2.12 bits per heavy atom. The minimum Gasteiger partial charge on any atom is -0.466 e. The SMILES string of the molecule is CCOC(=O)CCN1C(=O)N[C@H]2NC(=O)N[C@H]21. The van der Waals surface area contributed by atoms with Crippen LogP contribution in [-0.2, 0) is 9.53 Å². The highest BCUT2D eigenvalue weighted by molar-refractivity contribution is 5.85. The highest BCUT2D eigenvalue weighted by Gasteiger charge is 2.45. The van der Waals surface area contributed by atoms with E-state index in [2.05, 4.69) is 16.0 Å². The molecule has 8 heteroatoms. The Kier molecular flexibility index (Phi) is 3.03. The van der Waals surface area contributed by atoms with Crippen molar-refractivity contribution in [2.24, 2.45) is 0 Å². The van der Waals surface area contributed by atoms with Gasteiger partial charge in [0.15, 0.2) is 0 Å². The molecule has 3 N–H and O–H groups in total. The topological polar surface area (TPSA) is 99.8 Å². The van der Waals surface area contributed by atoms with E-state index >= 15 is 0 Å². The van der Waals surface area contributed by atoms with Crippen molar-refractivity contribution in [1.82, 2.24) is 20.9 Å². The molecule has 2 fully saturated rings. The smallest absolute Gasteiger partial charge is 0.320 e. The van der Waals surface area contributed by atoms with Crippen LogP contribution in [0.5, 0.6) is 0 Å². The molecule has 2 heterocycles. The molecule has 2 atom stereocenters. The Labute approximate surface area is 97.7 Å². The number of carbonyl (C=O) groups is 3. The van der Waals surface area contributed by atoms with Gasteiger partial charge in [0.2, 0.25) is 0 Å². The molecule has 0 unspecified atom stereocenters. The molecule has 2 saturated heterocycles. The van der Waals surface area contributed by atoms with E-state index in [-0.39, 0.29) is 31.0 Å². The first kappa shape index (κ1) is 11.5. The maximum absolute atomic E-state index is 11.5. The molecule has 17 heavy (non-hydrogen) atoms. The van der Waals surface area contributed by atoms with Crippen LogP contribution in [0.25, 0.3) is 0 Å². The van der Waals surface area contributed by atoms with Crippen LogP contribution in [0.2, 0.25) is 0 Å². The molecule has 0 aromatic carbocycles. The number of nitrogens with zero attached hydrogens (tertiary/aromatic N) is 1. The van der Waals surface area contributed by atoms with E-state index in [4.69, 9.17) is 4.74 Å². The van der Waals surface area contributed by atoms with Crippen molar-refractivity contribution >= 4 is 18.0 Å². The molecule has 0 spiro atoms. The second-order valence-corrected chi connectivity index (χ2v) is 3.74. The van der Waals surface area contributed by atoms with Gasteiger partial charge in [-0.1, -0.05) is 0 Å². The van der Waals surface area contributed by atoms with Crippen LogP contribution in [0.15, 0.2) is 0 Å². The van der Waals surface area contributed by atoms with Crippen molar-refractivity contribution in [2.45, 2.75) is 25.7 Å². The quantitative estimate of drug-likeness (QED) is 0.546. The third kappa shape index (κ3) is 2.24. The number of rotatable bonds is 4. The van der Waals surface area contributed by atoms with E-state index < -0.39 is 12.3 Å². The summed E-state index contributed by atoms with van der Waals surface area (Å²) in [6.07, 6.45) is -0.762. The van der Waals surface area contributed by atoms with Gasteiger partial charge in [-0.05, 0) is 6.92 Å². The highest BCUT2D eigenvalue weighted by Crippen LogP contribution is 2.14. The van der Waals surface area contributed by atoms with Crippen molar-refractivity contribution in [2.75, 3.05) is 13.2 Å². The summed E-state index contributed by atoms with van der Waals surface area (Å²) in [5.41, 5.74) is 0. The molecule has 0 aromatic heterocycles. The van der Waals surface area contributed by atoms with Gasteiger partial charge in [0.1, 0.15) is 12.3 Å². The number of amides is 4. The fourth-order valence-electron chi connectivity index (χ4n) is 1.88. The Morgan fingerprint density at radius 1 is 1.35 bits per heavy atom. The summed E-state index contributed by atoms with van der Waals surface area (Å²) in [4.78, 5) is 35.2. The van der Waals surface area contributed by atoms with E-state index in [0.717, 1.165) is 0 Å². The molecular weight excluding hydrogens is 228 g/mol. The van der Waals surface area contributed by atoms with Gasteiger partial charge in [-0.3, -0.25) is 9.69 Å². The van der Waals surface area contributed by atoms with E-state index in [1.807, 2.05) is 0 Å². The van der Waals surface area contributed by atoms with E-state index in [9.17, 15) is 14.4 Å². The van der Waals surface area contributed by atoms with Crippen LogP contribution in [-0.4, -0.2) is 48.4 Å². The van der Waals surface area contributed by atoms with Crippen LogP contribution in [0.4, 0.5) is 9.59 Å². The van der Waals surface area contributed by atoms with Crippen LogP contribution in [0, 0.1) is 0 Å². The van der Waals surface area contributed by atoms with Crippen LogP contribution in [0.1, 0.15) is 13.3 Å². The molecule has 0 radical (unpaired) electrons. The molecule has 0 aliphatic carbocycles. The fraction of sp³-hybridized carbons (Fsp3) is 0.667. The van der Waals surface area contributed by atoms with Crippen LogP contribution in [0.3, 0.4) is 0 Å². The number of urea groups is 2. The summed E-state index contributed by atoms with van der Waals surface area (Å²) in [7, 11) is 0. The Balaban J connectivity index is 1.89. The van der Waals surface area contributed by atoms with Gasteiger partial charge in [0, 0.05) is 6.54 Å². The summed E-state index contributed by atoms with van der Waals surface area (Å²) in [5.74, 6) is -0.360. The number of ether oxygens (including phenoxy) is 1.